The molecule has 0 N–H and O–H groups in total. The molecular formula is C13H13N3O3S. The van der Waals surface area contributed by atoms with Gasteiger partial charge in [-0.15, -0.1) is 0 Å². The van der Waals surface area contributed by atoms with Crippen LogP contribution in [0.1, 0.15) is 18.4 Å². The Morgan fingerprint density at radius 2 is 2.00 bits per heavy atom. The molecule has 20 heavy (non-hydrogen) atoms. The lowest BCUT2D eigenvalue weighted by atomic mass is 10.1. The van der Waals surface area contributed by atoms with Crippen molar-refractivity contribution in [2.24, 2.45) is 4.99 Å². The van der Waals surface area contributed by atoms with Gasteiger partial charge in [0, 0.05) is 13.1 Å². The second kappa shape index (κ2) is 5.97. The standard InChI is InChI=1S/C13H13N3O3S/c14-9-11-2-1-3-13(8-11)20(18,19)16-6-4-12(5-7-16)15-10-17/h1-3,8,12H,4-7H2. The first-order chi connectivity index (χ1) is 9.57. The normalized spacial score (nSPS) is 17.1. The number of benzene rings is 1. The lowest BCUT2D eigenvalue weighted by Crippen LogP contribution is -2.39. The Bertz CT molecular complexity index is 679. The van der Waals surface area contributed by atoms with Crippen molar-refractivity contribution >= 4 is 16.1 Å². The summed E-state index contributed by atoms with van der Waals surface area (Å²) in [5.41, 5.74) is 0.312. The fourth-order valence-electron chi connectivity index (χ4n) is 2.16. The fourth-order valence-corrected chi connectivity index (χ4v) is 3.68. The quantitative estimate of drug-likeness (QED) is 0.614. The molecule has 0 bridgehead atoms. The summed E-state index contributed by atoms with van der Waals surface area (Å²) >= 11 is 0. The van der Waals surface area contributed by atoms with E-state index in [0.717, 1.165) is 0 Å². The molecule has 1 aromatic carbocycles. The van der Waals surface area contributed by atoms with Crippen molar-refractivity contribution < 1.29 is 13.2 Å². The van der Waals surface area contributed by atoms with Gasteiger partial charge in [-0.1, -0.05) is 6.07 Å². The van der Waals surface area contributed by atoms with Crippen molar-refractivity contribution in [2.75, 3.05) is 13.1 Å². The van der Waals surface area contributed by atoms with E-state index in [1.165, 1.54) is 22.5 Å². The first-order valence-corrected chi connectivity index (χ1v) is 7.59. The minimum atomic E-state index is -3.59. The monoisotopic (exact) mass is 291 g/mol. The summed E-state index contributed by atoms with van der Waals surface area (Å²) in [6.07, 6.45) is 2.52. The predicted octanol–water partition coefficient (Wildman–Crippen LogP) is 1.05. The number of rotatable bonds is 3. The van der Waals surface area contributed by atoms with Crippen LogP contribution in [0, 0.1) is 11.3 Å². The van der Waals surface area contributed by atoms with E-state index in [-0.39, 0.29) is 10.9 Å². The summed E-state index contributed by atoms with van der Waals surface area (Å²) in [6.45, 7) is 0.629. The average molecular weight is 291 g/mol. The highest BCUT2D eigenvalue weighted by atomic mass is 32.2. The van der Waals surface area contributed by atoms with Crippen LogP contribution in [-0.4, -0.2) is 37.9 Å². The Balaban J connectivity index is 2.19. The third kappa shape index (κ3) is 2.94. The summed E-state index contributed by atoms with van der Waals surface area (Å²) in [6, 6.07) is 7.73. The van der Waals surface area contributed by atoms with Gasteiger partial charge in [-0.05, 0) is 31.0 Å². The molecule has 1 aliphatic rings. The van der Waals surface area contributed by atoms with Crippen molar-refractivity contribution in [2.45, 2.75) is 23.8 Å². The Morgan fingerprint density at radius 1 is 1.30 bits per heavy atom. The van der Waals surface area contributed by atoms with Crippen LogP contribution in [0.5, 0.6) is 0 Å². The van der Waals surface area contributed by atoms with E-state index in [4.69, 9.17) is 5.26 Å². The SMILES string of the molecule is N#Cc1cccc(S(=O)(=O)N2CCC(N=C=O)CC2)c1. The molecule has 1 aromatic rings. The summed E-state index contributed by atoms with van der Waals surface area (Å²) in [5, 5.41) is 8.82. The Morgan fingerprint density at radius 3 is 2.60 bits per heavy atom. The van der Waals surface area contributed by atoms with Crippen LogP contribution in [0.2, 0.25) is 0 Å². The molecule has 2 rings (SSSR count). The lowest BCUT2D eigenvalue weighted by molar-refractivity contribution is 0.320. The molecule has 0 amide bonds. The van der Waals surface area contributed by atoms with Gasteiger partial charge in [0.05, 0.1) is 22.6 Å². The average Bonchev–Trinajstić information content (AvgIpc) is 2.48. The Kier molecular flexibility index (Phi) is 4.30. The van der Waals surface area contributed by atoms with E-state index in [1.54, 1.807) is 12.1 Å². The third-order valence-corrected chi connectivity index (χ3v) is 5.15. The first kappa shape index (κ1) is 14.4. The molecule has 104 valence electrons. The van der Waals surface area contributed by atoms with Crippen LogP contribution >= 0.6 is 0 Å². The number of nitriles is 1. The highest BCUT2D eigenvalue weighted by Crippen LogP contribution is 2.22. The summed E-state index contributed by atoms with van der Waals surface area (Å²) in [5.74, 6) is 0. The second-order valence-corrected chi connectivity index (χ2v) is 6.43. The van der Waals surface area contributed by atoms with Crippen molar-refractivity contribution in [3.05, 3.63) is 29.8 Å². The zero-order valence-corrected chi connectivity index (χ0v) is 11.5. The number of hydrogen-bond donors (Lipinski definition) is 0. The molecule has 0 unspecified atom stereocenters. The minimum absolute atomic E-state index is 0.119. The third-order valence-electron chi connectivity index (χ3n) is 3.26. The number of sulfonamides is 1. The molecule has 1 heterocycles. The largest absolute Gasteiger partial charge is 0.243 e. The molecule has 0 aliphatic carbocycles. The number of aliphatic imine (C=N–C) groups is 1. The molecule has 7 heteroatoms. The molecule has 1 aliphatic heterocycles. The van der Waals surface area contributed by atoms with Crippen molar-refractivity contribution in [3.8, 4) is 6.07 Å². The van der Waals surface area contributed by atoms with Gasteiger partial charge in [0.25, 0.3) is 0 Å². The molecule has 0 radical (unpaired) electrons. The zero-order valence-electron chi connectivity index (χ0n) is 10.7. The maximum absolute atomic E-state index is 12.4. The maximum Gasteiger partial charge on any atom is 0.243 e. The van der Waals surface area contributed by atoms with E-state index in [9.17, 15) is 13.2 Å². The highest BCUT2D eigenvalue weighted by Gasteiger charge is 2.29. The van der Waals surface area contributed by atoms with Gasteiger partial charge in [-0.3, -0.25) is 0 Å². The van der Waals surface area contributed by atoms with E-state index in [0.29, 0.717) is 31.5 Å². The number of piperidine rings is 1. The smallest absolute Gasteiger partial charge is 0.211 e. The molecule has 0 saturated carbocycles. The molecular weight excluding hydrogens is 278 g/mol. The number of isocyanates is 1. The summed E-state index contributed by atoms with van der Waals surface area (Å²) < 4.78 is 26.2. The van der Waals surface area contributed by atoms with Gasteiger partial charge in [-0.2, -0.15) is 9.57 Å². The van der Waals surface area contributed by atoms with Gasteiger partial charge in [0.1, 0.15) is 0 Å². The molecule has 0 atom stereocenters. The summed E-state index contributed by atoms with van der Waals surface area (Å²) in [7, 11) is -3.59. The Labute approximate surface area is 117 Å². The lowest BCUT2D eigenvalue weighted by Gasteiger charge is -2.28. The topological polar surface area (TPSA) is 90.6 Å². The first-order valence-electron chi connectivity index (χ1n) is 6.15. The molecule has 0 spiro atoms. The zero-order chi connectivity index (χ0) is 14.6. The highest BCUT2D eigenvalue weighted by molar-refractivity contribution is 7.89. The van der Waals surface area contributed by atoms with Crippen molar-refractivity contribution in [1.82, 2.24) is 4.31 Å². The van der Waals surface area contributed by atoms with Gasteiger partial charge >= 0.3 is 0 Å². The van der Waals surface area contributed by atoms with Crippen molar-refractivity contribution in [3.63, 3.8) is 0 Å². The molecule has 1 fully saturated rings. The van der Waals surface area contributed by atoms with Crippen LogP contribution < -0.4 is 0 Å². The minimum Gasteiger partial charge on any atom is -0.211 e. The predicted molar refractivity (Wildman–Crippen MR) is 71.1 cm³/mol. The van der Waals surface area contributed by atoms with Gasteiger partial charge in [-0.25, -0.2) is 18.2 Å². The maximum atomic E-state index is 12.4. The van der Waals surface area contributed by atoms with Crippen LogP contribution in [-0.2, 0) is 14.8 Å². The number of nitrogens with zero attached hydrogens (tertiary/aromatic N) is 3. The van der Waals surface area contributed by atoms with Crippen LogP contribution in [0.25, 0.3) is 0 Å². The van der Waals surface area contributed by atoms with E-state index >= 15 is 0 Å². The van der Waals surface area contributed by atoms with Crippen molar-refractivity contribution in [1.29, 1.82) is 5.26 Å². The fraction of sp³-hybridized carbons (Fsp3) is 0.385. The van der Waals surface area contributed by atoms with E-state index in [1.807, 2.05) is 6.07 Å². The van der Waals surface area contributed by atoms with Crippen LogP contribution in [0.15, 0.2) is 34.2 Å². The van der Waals surface area contributed by atoms with E-state index in [2.05, 4.69) is 4.99 Å². The van der Waals surface area contributed by atoms with Crippen LogP contribution in [0.3, 0.4) is 0 Å². The number of hydrogen-bond acceptors (Lipinski definition) is 5. The van der Waals surface area contributed by atoms with Crippen LogP contribution in [0.4, 0.5) is 0 Å². The molecule has 6 nitrogen and oxygen atoms in total. The Hall–Kier alpha value is -2.00. The molecule has 1 saturated heterocycles. The van der Waals surface area contributed by atoms with E-state index < -0.39 is 10.0 Å². The molecule has 0 aromatic heterocycles. The number of carbonyl (C=O) groups excluding carboxylic acids is 1. The second-order valence-electron chi connectivity index (χ2n) is 4.50. The van der Waals surface area contributed by atoms with Gasteiger partial charge in [0.2, 0.25) is 16.1 Å². The van der Waals surface area contributed by atoms with Gasteiger partial charge < -0.3 is 0 Å². The van der Waals surface area contributed by atoms with Gasteiger partial charge in [0.15, 0.2) is 0 Å². The summed E-state index contributed by atoms with van der Waals surface area (Å²) in [4.78, 5) is 13.9.